The highest BCUT2D eigenvalue weighted by Gasteiger charge is 2.14. The molecule has 3 heteroatoms. The van der Waals surface area contributed by atoms with Gasteiger partial charge in [-0.3, -0.25) is 4.98 Å². The van der Waals surface area contributed by atoms with Gasteiger partial charge in [0, 0.05) is 31.4 Å². The molecule has 1 unspecified atom stereocenters. The van der Waals surface area contributed by atoms with E-state index in [-0.39, 0.29) is 5.54 Å². The summed E-state index contributed by atoms with van der Waals surface area (Å²) in [4.78, 5) is 6.57. The van der Waals surface area contributed by atoms with Crippen LogP contribution in [0.15, 0.2) is 18.5 Å². The molecule has 0 spiro atoms. The first kappa shape index (κ1) is 15.0. The van der Waals surface area contributed by atoms with Gasteiger partial charge in [-0.1, -0.05) is 6.92 Å². The lowest BCUT2D eigenvalue weighted by Gasteiger charge is -2.29. The summed E-state index contributed by atoms with van der Waals surface area (Å²) in [5.74, 6) is 0. The third kappa shape index (κ3) is 4.30. The van der Waals surface area contributed by atoms with E-state index in [0.717, 1.165) is 13.0 Å². The van der Waals surface area contributed by atoms with Crippen molar-refractivity contribution in [3.63, 3.8) is 0 Å². The molecule has 3 nitrogen and oxygen atoms in total. The average molecular weight is 249 g/mol. The van der Waals surface area contributed by atoms with E-state index in [1.54, 1.807) is 0 Å². The van der Waals surface area contributed by atoms with Gasteiger partial charge in [-0.2, -0.15) is 0 Å². The Bertz CT molecular complexity index is 368. The fourth-order valence-corrected chi connectivity index (χ4v) is 1.75. The molecule has 0 aromatic carbocycles. The molecule has 1 heterocycles. The lowest BCUT2D eigenvalue weighted by Crippen LogP contribution is -2.36. The molecule has 0 fully saturated rings. The van der Waals surface area contributed by atoms with Crippen molar-refractivity contribution in [1.82, 2.24) is 10.3 Å². The van der Waals surface area contributed by atoms with Crippen LogP contribution in [0.3, 0.4) is 0 Å². The number of rotatable bonds is 5. The second kappa shape index (κ2) is 6.19. The van der Waals surface area contributed by atoms with Crippen molar-refractivity contribution in [3.05, 3.63) is 24.0 Å². The Balaban J connectivity index is 2.86. The van der Waals surface area contributed by atoms with Crippen LogP contribution in [0.25, 0.3) is 0 Å². The minimum absolute atomic E-state index is 0.134. The molecule has 1 aromatic heterocycles. The van der Waals surface area contributed by atoms with Gasteiger partial charge in [-0.25, -0.2) is 0 Å². The van der Waals surface area contributed by atoms with Crippen LogP contribution < -0.4 is 10.2 Å². The van der Waals surface area contributed by atoms with Crippen molar-refractivity contribution in [2.45, 2.75) is 59.2 Å². The molecule has 0 aliphatic rings. The smallest absolute Gasteiger partial charge is 0.0598 e. The van der Waals surface area contributed by atoms with E-state index in [1.807, 2.05) is 12.4 Å². The zero-order chi connectivity index (χ0) is 13.8. The van der Waals surface area contributed by atoms with Crippen LogP contribution in [0.5, 0.6) is 0 Å². The Morgan fingerprint density at radius 2 is 2.06 bits per heavy atom. The summed E-state index contributed by atoms with van der Waals surface area (Å²) in [5.41, 5.74) is 2.67. The third-order valence-electron chi connectivity index (χ3n) is 3.33. The summed E-state index contributed by atoms with van der Waals surface area (Å²) in [6.07, 6.45) is 4.97. The highest BCUT2D eigenvalue weighted by atomic mass is 15.1. The zero-order valence-electron chi connectivity index (χ0n) is 12.6. The maximum atomic E-state index is 4.26. The number of nitrogens with one attached hydrogen (secondary N) is 1. The number of hydrogen-bond acceptors (Lipinski definition) is 3. The highest BCUT2D eigenvalue weighted by molar-refractivity contribution is 5.51. The Kier molecular flexibility index (Phi) is 5.15. The minimum atomic E-state index is 0.134. The molecular formula is C15H27N3. The Morgan fingerprint density at radius 1 is 1.39 bits per heavy atom. The second-order valence-corrected chi connectivity index (χ2v) is 5.98. The summed E-state index contributed by atoms with van der Waals surface area (Å²) < 4.78 is 0. The number of nitrogens with zero attached hydrogens (tertiary/aromatic N) is 2. The Morgan fingerprint density at radius 3 is 2.61 bits per heavy atom. The molecule has 1 aromatic rings. The molecule has 102 valence electrons. The highest BCUT2D eigenvalue weighted by Crippen LogP contribution is 2.21. The quantitative estimate of drug-likeness (QED) is 0.868. The van der Waals surface area contributed by atoms with Crippen LogP contribution in [0, 0.1) is 0 Å². The number of hydrogen-bond donors (Lipinski definition) is 1. The van der Waals surface area contributed by atoms with Crippen molar-refractivity contribution in [2.75, 3.05) is 11.9 Å². The summed E-state index contributed by atoms with van der Waals surface area (Å²) in [5, 5.41) is 3.54. The first-order chi connectivity index (χ1) is 8.35. The van der Waals surface area contributed by atoms with Gasteiger partial charge in [0.2, 0.25) is 0 Å². The van der Waals surface area contributed by atoms with Crippen LogP contribution in [-0.2, 0) is 6.54 Å². The van der Waals surface area contributed by atoms with Crippen molar-refractivity contribution in [2.24, 2.45) is 0 Å². The first-order valence-electron chi connectivity index (χ1n) is 6.76. The first-order valence-corrected chi connectivity index (χ1v) is 6.76. The van der Waals surface area contributed by atoms with Gasteiger partial charge in [0.15, 0.2) is 0 Å². The van der Waals surface area contributed by atoms with Crippen LogP contribution in [0.2, 0.25) is 0 Å². The van der Waals surface area contributed by atoms with E-state index in [4.69, 9.17) is 0 Å². The van der Waals surface area contributed by atoms with E-state index in [0.29, 0.717) is 6.04 Å². The molecule has 1 atom stereocenters. The summed E-state index contributed by atoms with van der Waals surface area (Å²) in [6.45, 7) is 11.9. The van der Waals surface area contributed by atoms with E-state index in [9.17, 15) is 0 Å². The molecule has 0 radical (unpaired) electrons. The lowest BCUT2D eigenvalue weighted by molar-refractivity contribution is 0.424. The summed E-state index contributed by atoms with van der Waals surface area (Å²) >= 11 is 0. The second-order valence-electron chi connectivity index (χ2n) is 5.98. The molecular weight excluding hydrogens is 222 g/mol. The molecule has 0 aliphatic heterocycles. The Labute approximate surface area is 112 Å². The number of pyridine rings is 1. The molecule has 0 saturated carbocycles. The largest absolute Gasteiger partial charge is 0.370 e. The molecule has 18 heavy (non-hydrogen) atoms. The van der Waals surface area contributed by atoms with Crippen LogP contribution >= 0.6 is 0 Å². The van der Waals surface area contributed by atoms with E-state index < -0.39 is 0 Å². The van der Waals surface area contributed by atoms with E-state index >= 15 is 0 Å². The molecule has 0 aliphatic carbocycles. The van der Waals surface area contributed by atoms with Gasteiger partial charge in [0.25, 0.3) is 0 Å². The molecule has 0 saturated heterocycles. The number of anilines is 1. The maximum absolute atomic E-state index is 4.26. The van der Waals surface area contributed by atoms with Gasteiger partial charge in [-0.15, -0.1) is 0 Å². The molecule has 1 N–H and O–H groups in total. The van der Waals surface area contributed by atoms with Crippen molar-refractivity contribution in [3.8, 4) is 0 Å². The Hall–Kier alpha value is -1.09. The topological polar surface area (TPSA) is 28.2 Å². The zero-order valence-corrected chi connectivity index (χ0v) is 12.6. The molecule has 0 bridgehead atoms. The van der Waals surface area contributed by atoms with Crippen molar-refractivity contribution >= 4 is 5.69 Å². The van der Waals surface area contributed by atoms with E-state index in [2.05, 4.69) is 62.9 Å². The van der Waals surface area contributed by atoms with Gasteiger partial charge in [0.1, 0.15) is 0 Å². The maximum Gasteiger partial charge on any atom is 0.0598 e. The molecule has 0 amide bonds. The standard InChI is InChI=1S/C15H27N3/c1-7-12(2)18(6)14-11-16-9-8-13(14)10-17-15(3,4)5/h8-9,11-12,17H,7,10H2,1-6H3. The predicted octanol–water partition coefficient (Wildman–Crippen LogP) is 3.20. The summed E-state index contributed by atoms with van der Waals surface area (Å²) in [7, 11) is 2.14. The van der Waals surface area contributed by atoms with Crippen molar-refractivity contribution < 1.29 is 0 Å². The average Bonchev–Trinajstić information content (AvgIpc) is 2.34. The third-order valence-corrected chi connectivity index (χ3v) is 3.33. The van der Waals surface area contributed by atoms with Gasteiger partial charge < -0.3 is 10.2 Å². The van der Waals surface area contributed by atoms with Crippen molar-refractivity contribution in [1.29, 1.82) is 0 Å². The van der Waals surface area contributed by atoms with Crippen LogP contribution in [0.4, 0.5) is 5.69 Å². The predicted molar refractivity (Wildman–Crippen MR) is 79.0 cm³/mol. The van der Waals surface area contributed by atoms with E-state index in [1.165, 1.54) is 11.3 Å². The molecule has 1 rings (SSSR count). The normalized spacial score (nSPS) is 13.4. The number of aromatic nitrogens is 1. The van der Waals surface area contributed by atoms with Gasteiger partial charge in [0.05, 0.1) is 11.9 Å². The monoisotopic (exact) mass is 249 g/mol. The lowest BCUT2D eigenvalue weighted by atomic mass is 10.1. The SMILES string of the molecule is CCC(C)N(C)c1cnccc1CNC(C)(C)C. The fourth-order valence-electron chi connectivity index (χ4n) is 1.75. The minimum Gasteiger partial charge on any atom is -0.370 e. The van der Waals surface area contributed by atoms with Crippen LogP contribution in [-0.4, -0.2) is 23.6 Å². The fraction of sp³-hybridized carbons (Fsp3) is 0.667. The van der Waals surface area contributed by atoms with Gasteiger partial charge >= 0.3 is 0 Å². The summed E-state index contributed by atoms with van der Waals surface area (Å²) in [6, 6.07) is 2.63. The van der Waals surface area contributed by atoms with Crippen LogP contribution in [0.1, 0.15) is 46.6 Å². The van der Waals surface area contributed by atoms with Gasteiger partial charge in [-0.05, 0) is 45.7 Å².